The van der Waals surface area contributed by atoms with Crippen molar-refractivity contribution >= 4 is 76.2 Å². The van der Waals surface area contributed by atoms with E-state index in [0.717, 1.165) is 13.4 Å². The van der Waals surface area contributed by atoms with Gasteiger partial charge in [0.15, 0.2) is 10.9 Å². The molecule has 0 saturated carbocycles. The van der Waals surface area contributed by atoms with E-state index in [1.165, 1.54) is 11.8 Å². The fraction of sp³-hybridized carbons (Fsp3) is 0.0625. The molecular weight excluding hydrogens is 524 g/mol. The number of aromatic nitrogens is 2. The van der Waals surface area contributed by atoms with E-state index in [1.807, 2.05) is 18.2 Å². The second kappa shape index (κ2) is 7.51. The van der Waals surface area contributed by atoms with Crippen LogP contribution in [-0.4, -0.2) is 21.5 Å². The zero-order chi connectivity index (χ0) is 17.3. The van der Waals surface area contributed by atoms with Crippen LogP contribution in [0.5, 0.6) is 0 Å². The minimum Gasteiger partial charge on any atom is -0.301 e. The second-order valence-corrected chi connectivity index (χ2v) is 8.52. The molecule has 0 spiro atoms. The first kappa shape index (κ1) is 17.8. The average Bonchev–Trinajstić information content (AvgIpc) is 2.54. The number of thioether (sulfide) groups is 1. The van der Waals surface area contributed by atoms with Crippen molar-refractivity contribution < 1.29 is 4.79 Å². The maximum atomic E-state index is 12.2. The number of hydrogen-bond donors (Lipinski definition) is 1. The molecule has 0 aliphatic heterocycles. The first-order valence-electron chi connectivity index (χ1n) is 6.74. The Morgan fingerprint density at radius 2 is 1.79 bits per heavy atom. The topological polar surface area (TPSA) is 62.8 Å². The molecule has 3 aromatic rings. The van der Waals surface area contributed by atoms with Crippen molar-refractivity contribution in [2.24, 2.45) is 0 Å². The summed E-state index contributed by atoms with van der Waals surface area (Å²) < 4.78 is 2.43. The van der Waals surface area contributed by atoms with Gasteiger partial charge < -0.3 is 4.98 Å². The van der Waals surface area contributed by atoms with Gasteiger partial charge in [-0.25, -0.2) is 4.98 Å². The van der Waals surface area contributed by atoms with Crippen LogP contribution < -0.4 is 5.56 Å². The van der Waals surface area contributed by atoms with E-state index in [4.69, 9.17) is 0 Å². The molecule has 0 fully saturated rings. The van der Waals surface area contributed by atoms with Gasteiger partial charge in [0.05, 0.1) is 16.7 Å². The number of carbonyl (C=O) groups excluding carboxylic acids is 1. The summed E-state index contributed by atoms with van der Waals surface area (Å²) in [7, 11) is 0. The van der Waals surface area contributed by atoms with E-state index in [2.05, 4.69) is 57.8 Å². The molecule has 0 bridgehead atoms. The Kier molecular flexibility index (Phi) is 5.59. The summed E-state index contributed by atoms with van der Waals surface area (Å²) in [6, 6.07) is 10.7. The zero-order valence-electron chi connectivity index (χ0n) is 12.0. The molecule has 0 amide bonds. The summed E-state index contributed by atoms with van der Waals surface area (Å²) >= 11 is 11.3. The Labute approximate surface area is 166 Å². The third-order valence-electron chi connectivity index (χ3n) is 3.21. The maximum absolute atomic E-state index is 12.2. The number of rotatable bonds is 4. The van der Waals surface area contributed by atoms with Crippen LogP contribution in [0.2, 0.25) is 0 Å². The third kappa shape index (κ3) is 3.99. The normalized spacial score (nSPS) is 11.0. The molecule has 0 radical (unpaired) electrons. The molecule has 1 N–H and O–H groups in total. The van der Waals surface area contributed by atoms with E-state index in [-0.39, 0.29) is 17.1 Å². The van der Waals surface area contributed by atoms with Gasteiger partial charge in [0.1, 0.15) is 0 Å². The third-order valence-corrected chi connectivity index (χ3v) is 5.68. The van der Waals surface area contributed by atoms with Crippen LogP contribution in [0.4, 0.5) is 0 Å². The Morgan fingerprint density at radius 1 is 1.08 bits per heavy atom. The van der Waals surface area contributed by atoms with E-state index in [0.29, 0.717) is 21.6 Å². The second-order valence-electron chi connectivity index (χ2n) is 4.87. The van der Waals surface area contributed by atoms with Crippen molar-refractivity contribution in [1.29, 1.82) is 0 Å². The number of hydrogen-bond acceptors (Lipinski definition) is 4. The van der Waals surface area contributed by atoms with Crippen molar-refractivity contribution in [3.8, 4) is 0 Å². The van der Waals surface area contributed by atoms with Crippen LogP contribution in [0, 0.1) is 0 Å². The lowest BCUT2D eigenvalue weighted by atomic mass is 10.2. The number of ketones is 1. The van der Waals surface area contributed by atoms with Crippen LogP contribution in [0.15, 0.2) is 59.8 Å². The number of nitrogens with one attached hydrogen (secondary N) is 1. The zero-order valence-corrected chi connectivity index (χ0v) is 17.6. The largest absolute Gasteiger partial charge is 0.301 e. The average molecular weight is 533 g/mol. The van der Waals surface area contributed by atoms with Gasteiger partial charge in [0.25, 0.3) is 5.56 Å². The molecule has 4 nitrogen and oxygen atoms in total. The number of H-pyrrole nitrogens is 1. The molecule has 0 aliphatic carbocycles. The van der Waals surface area contributed by atoms with Crippen molar-refractivity contribution in [2.75, 3.05) is 5.75 Å². The lowest BCUT2D eigenvalue weighted by Gasteiger charge is -2.05. The molecule has 8 heteroatoms. The van der Waals surface area contributed by atoms with Gasteiger partial charge in [-0.1, -0.05) is 55.8 Å². The Morgan fingerprint density at radius 3 is 2.50 bits per heavy atom. The van der Waals surface area contributed by atoms with E-state index in [9.17, 15) is 9.59 Å². The number of aromatic amines is 1. The quantitative estimate of drug-likeness (QED) is 0.285. The Bertz CT molecular complexity index is 987. The predicted molar refractivity (Wildman–Crippen MR) is 107 cm³/mol. The summed E-state index contributed by atoms with van der Waals surface area (Å²) in [4.78, 5) is 31.6. The number of Topliss-reactive ketones (excluding diaryl/α,β-unsaturated/α-hetero) is 1. The minimum atomic E-state index is -0.236. The molecule has 1 heterocycles. The highest BCUT2D eigenvalue weighted by atomic mass is 79.9. The Hall–Kier alpha value is -0.960. The molecule has 0 atom stereocenters. The lowest BCUT2D eigenvalue weighted by molar-refractivity contribution is 0.102. The summed E-state index contributed by atoms with van der Waals surface area (Å²) in [6.45, 7) is 0. The Balaban J connectivity index is 1.84. The van der Waals surface area contributed by atoms with E-state index in [1.54, 1.807) is 18.2 Å². The number of carbonyl (C=O) groups is 1. The number of fused-ring (bicyclic) bond motifs is 1. The highest BCUT2D eigenvalue weighted by Crippen LogP contribution is 2.26. The summed E-state index contributed by atoms with van der Waals surface area (Å²) in [6.07, 6.45) is 0. The van der Waals surface area contributed by atoms with Gasteiger partial charge in [-0.3, -0.25) is 9.59 Å². The van der Waals surface area contributed by atoms with Crippen molar-refractivity contribution in [2.45, 2.75) is 5.16 Å². The predicted octanol–water partition coefficient (Wildman–Crippen LogP) is 5.19. The highest BCUT2D eigenvalue weighted by Gasteiger charge is 2.11. The first-order chi connectivity index (χ1) is 11.4. The molecule has 0 unspecified atom stereocenters. The summed E-state index contributed by atoms with van der Waals surface area (Å²) in [5, 5.41) is 0.904. The summed E-state index contributed by atoms with van der Waals surface area (Å²) in [5.74, 6) is 0.176. The van der Waals surface area contributed by atoms with Crippen molar-refractivity contribution in [1.82, 2.24) is 9.97 Å². The standard InChI is InChI=1S/C16H9Br3N2O2S/c17-9-3-1-8(2-4-9)13(22)7-24-16-20-14-11(15(23)21-16)5-10(18)6-12(14)19/h1-6H,7H2,(H,20,21,23). The monoisotopic (exact) mass is 530 g/mol. The van der Waals surface area contributed by atoms with Crippen LogP contribution in [0.1, 0.15) is 10.4 Å². The fourth-order valence-corrected chi connectivity index (χ4v) is 4.40. The van der Waals surface area contributed by atoms with Gasteiger partial charge in [-0.05, 0) is 40.2 Å². The summed E-state index contributed by atoms with van der Waals surface area (Å²) in [5.41, 5.74) is 0.958. The molecule has 2 aromatic carbocycles. The van der Waals surface area contributed by atoms with Crippen molar-refractivity contribution in [3.05, 3.63) is 65.7 Å². The molecular formula is C16H9Br3N2O2S. The first-order valence-corrected chi connectivity index (χ1v) is 10.1. The number of halogens is 3. The van der Waals surface area contributed by atoms with Gasteiger partial charge in [-0.2, -0.15) is 0 Å². The maximum Gasteiger partial charge on any atom is 0.259 e. The minimum absolute atomic E-state index is 0.0230. The molecule has 24 heavy (non-hydrogen) atoms. The van der Waals surface area contributed by atoms with Crippen LogP contribution >= 0.6 is 59.6 Å². The van der Waals surface area contributed by atoms with Gasteiger partial charge >= 0.3 is 0 Å². The van der Waals surface area contributed by atoms with E-state index < -0.39 is 0 Å². The van der Waals surface area contributed by atoms with E-state index >= 15 is 0 Å². The van der Waals surface area contributed by atoms with Crippen LogP contribution in [-0.2, 0) is 0 Å². The van der Waals surface area contributed by atoms with Crippen LogP contribution in [0.25, 0.3) is 10.9 Å². The molecule has 3 rings (SSSR count). The van der Waals surface area contributed by atoms with Crippen molar-refractivity contribution in [3.63, 3.8) is 0 Å². The van der Waals surface area contributed by atoms with Gasteiger partial charge in [-0.15, -0.1) is 0 Å². The molecule has 0 saturated heterocycles. The molecule has 0 aliphatic rings. The number of nitrogens with zero attached hydrogens (tertiary/aromatic N) is 1. The number of benzene rings is 2. The fourth-order valence-electron chi connectivity index (χ4n) is 2.07. The van der Waals surface area contributed by atoms with Crippen LogP contribution in [0.3, 0.4) is 0 Å². The van der Waals surface area contributed by atoms with Gasteiger partial charge in [0.2, 0.25) is 0 Å². The lowest BCUT2D eigenvalue weighted by Crippen LogP contribution is -2.11. The smallest absolute Gasteiger partial charge is 0.259 e. The SMILES string of the molecule is O=C(CSc1nc2c(Br)cc(Br)cc2c(=O)[nH]1)c1ccc(Br)cc1. The molecule has 122 valence electrons. The highest BCUT2D eigenvalue weighted by molar-refractivity contribution is 9.11. The molecule has 1 aromatic heterocycles. The van der Waals surface area contributed by atoms with Gasteiger partial charge in [0, 0.05) is 19.0 Å².